The topological polar surface area (TPSA) is 43.7 Å². The first kappa shape index (κ1) is 13.1. The van der Waals surface area contributed by atoms with E-state index in [9.17, 15) is 5.11 Å². The van der Waals surface area contributed by atoms with E-state index in [2.05, 4.69) is 28.9 Å². The number of rotatable bonds is 2. The third kappa shape index (κ3) is 3.85. The van der Waals surface area contributed by atoms with Crippen LogP contribution in [0.25, 0.3) is 0 Å². The lowest BCUT2D eigenvalue weighted by molar-refractivity contribution is 0.0792. The molecule has 1 heterocycles. The molecule has 1 aromatic carbocycles. The van der Waals surface area contributed by atoms with Crippen molar-refractivity contribution < 1.29 is 10.2 Å². The first-order chi connectivity index (χ1) is 8.78. The molecule has 1 aliphatic rings. The average Bonchev–Trinajstić information content (AvgIpc) is 2.41. The minimum Gasteiger partial charge on any atom is -0.393 e. The minimum atomic E-state index is -0.114. The van der Waals surface area contributed by atoms with Gasteiger partial charge in [0.1, 0.15) is 6.61 Å². The molecule has 0 aromatic heterocycles. The highest BCUT2D eigenvalue weighted by atomic mass is 16.3. The van der Waals surface area contributed by atoms with Crippen molar-refractivity contribution in [2.75, 3.05) is 19.7 Å². The molecule has 0 saturated carbocycles. The van der Waals surface area contributed by atoms with Gasteiger partial charge in [0.15, 0.2) is 0 Å². The lowest BCUT2D eigenvalue weighted by Crippen LogP contribution is -2.35. The molecule has 1 fully saturated rings. The van der Waals surface area contributed by atoms with Gasteiger partial charge in [-0.05, 0) is 30.5 Å². The molecule has 0 amide bonds. The molecule has 0 unspecified atom stereocenters. The number of likely N-dealkylation sites (tertiary alicyclic amines) is 1. The molecule has 1 aliphatic heterocycles. The normalized spacial score (nSPS) is 17.2. The summed E-state index contributed by atoms with van der Waals surface area (Å²) in [4.78, 5) is 2.36. The highest BCUT2D eigenvalue weighted by molar-refractivity contribution is 5.36. The molecule has 3 heteroatoms. The van der Waals surface area contributed by atoms with Crippen LogP contribution in [0.15, 0.2) is 24.3 Å². The number of nitrogens with zero attached hydrogens (tertiary/aromatic N) is 1. The van der Waals surface area contributed by atoms with Gasteiger partial charge in [0.2, 0.25) is 0 Å². The molecule has 2 N–H and O–H groups in total. The summed E-state index contributed by atoms with van der Waals surface area (Å²) >= 11 is 0. The molecule has 0 radical (unpaired) electrons. The van der Waals surface area contributed by atoms with E-state index >= 15 is 0 Å². The predicted molar refractivity (Wildman–Crippen MR) is 70.9 cm³/mol. The number of aliphatic hydroxyl groups excluding tert-OH is 2. The van der Waals surface area contributed by atoms with E-state index in [-0.39, 0.29) is 12.7 Å². The van der Waals surface area contributed by atoms with Crippen molar-refractivity contribution in [3.05, 3.63) is 35.4 Å². The average molecular weight is 245 g/mol. The predicted octanol–water partition coefficient (Wildman–Crippen LogP) is 0.987. The van der Waals surface area contributed by atoms with E-state index in [0.717, 1.165) is 38.0 Å². The minimum absolute atomic E-state index is 0.0993. The van der Waals surface area contributed by atoms with Crippen molar-refractivity contribution in [3.63, 3.8) is 0 Å². The Morgan fingerprint density at radius 1 is 1.17 bits per heavy atom. The van der Waals surface area contributed by atoms with Crippen molar-refractivity contribution in [2.24, 2.45) is 0 Å². The maximum absolute atomic E-state index is 9.45. The summed E-state index contributed by atoms with van der Waals surface area (Å²) in [6.45, 7) is 2.76. The van der Waals surface area contributed by atoms with E-state index < -0.39 is 0 Å². The summed E-state index contributed by atoms with van der Waals surface area (Å²) in [6, 6.07) is 8.12. The fraction of sp³-hybridized carbons (Fsp3) is 0.467. The molecule has 0 bridgehead atoms. The Hall–Kier alpha value is -1.34. The fourth-order valence-corrected chi connectivity index (χ4v) is 2.17. The van der Waals surface area contributed by atoms with Gasteiger partial charge in [-0.3, -0.25) is 4.90 Å². The van der Waals surface area contributed by atoms with Crippen molar-refractivity contribution in [1.29, 1.82) is 0 Å². The standard InChI is InChI=1S/C15H19NO2/c17-11-1-2-13-3-5-14(6-4-13)12-16-9-7-15(18)8-10-16/h3-6,15,17-18H,7-12H2. The number of piperidine rings is 1. The van der Waals surface area contributed by atoms with Crippen LogP contribution in [0.2, 0.25) is 0 Å². The van der Waals surface area contributed by atoms with Gasteiger partial charge in [0.25, 0.3) is 0 Å². The van der Waals surface area contributed by atoms with Gasteiger partial charge in [-0.25, -0.2) is 0 Å². The summed E-state index contributed by atoms with van der Waals surface area (Å²) in [6.07, 6.45) is 1.64. The van der Waals surface area contributed by atoms with Gasteiger partial charge >= 0.3 is 0 Å². The van der Waals surface area contributed by atoms with Gasteiger partial charge in [0.05, 0.1) is 6.10 Å². The molecule has 0 atom stereocenters. The van der Waals surface area contributed by atoms with Gasteiger partial charge in [-0.15, -0.1) is 0 Å². The zero-order valence-electron chi connectivity index (χ0n) is 10.5. The number of hydrogen-bond acceptors (Lipinski definition) is 3. The third-order valence-corrected chi connectivity index (χ3v) is 3.23. The van der Waals surface area contributed by atoms with Crippen LogP contribution in [0.1, 0.15) is 24.0 Å². The zero-order chi connectivity index (χ0) is 12.8. The number of benzene rings is 1. The Balaban J connectivity index is 1.90. The second kappa shape index (κ2) is 6.55. The quantitative estimate of drug-likeness (QED) is 0.764. The Morgan fingerprint density at radius 3 is 2.44 bits per heavy atom. The highest BCUT2D eigenvalue weighted by Gasteiger charge is 2.16. The van der Waals surface area contributed by atoms with E-state index in [1.807, 2.05) is 12.1 Å². The van der Waals surface area contributed by atoms with Crippen LogP contribution < -0.4 is 0 Å². The van der Waals surface area contributed by atoms with Crippen LogP contribution in [0.3, 0.4) is 0 Å². The Kier molecular flexibility index (Phi) is 4.77. The second-order valence-electron chi connectivity index (χ2n) is 4.66. The van der Waals surface area contributed by atoms with Gasteiger partial charge in [-0.1, -0.05) is 24.0 Å². The Morgan fingerprint density at radius 2 is 1.83 bits per heavy atom. The summed E-state index contributed by atoms with van der Waals surface area (Å²) in [5.74, 6) is 5.52. The fourth-order valence-electron chi connectivity index (χ4n) is 2.17. The maximum Gasteiger partial charge on any atom is 0.104 e. The molecule has 3 nitrogen and oxygen atoms in total. The lowest BCUT2D eigenvalue weighted by atomic mass is 10.1. The molecule has 1 aromatic rings. The van der Waals surface area contributed by atoms with Crippen molar-refractivity contribution in [3.8, 4) is 11.8 Å². The molecule has 0 aliphatic carbocycles. The molecular weight excluding hydrogens is 226 g/mol. The van der Waals surface area contributed by atoms with Crippen LogP contribution in [0.4, 0.5) is 0 Å². The van der Waals surface area contributed by atoms with Gasteiger partial charge in [-0.2, -0.15) is 0 Å². The highest BCUT2D eigenvalue weighted by Crippen LogP contribution is 2.14. The van der Waals surface area contributed by atoms with Crippen molar-refractivity contribution in [1.82, 2.24) is 4.90 Å². The zero-order valence-corrected chi connectivity index (χ0v) is 10.5. The van der Waals surface area contributed by atoms with Gasteiger partial charge in [0, 0.05) is 25.2 Å². The van der Waals surface area contributed by atoms with Crippen LogP contribution in [-0.2, 0) is 6.54 Å². The molecule has 2 rings (SSSR count). The Labute approximate surface area is 108 Å². The SMILES string of the molecule is OCC#Cc1ccc(CN2CCC(O)CC2)cc1. The first-order valence-electron chi connectivity index (χ1n) is 6.37. The lowest BCUT2D eigenvalue weighted by Gasteiger charge is -2.29. The maximum atomic E-state index is 9.45. The monoisotopic (exact) mass is 245 g/mol. The van der Waals surface area contributed by atoms with Crippen LogP contribution >= 0.6 is 0 Å². The summed E-state index contributed by atoms with van der Waals surface area (Å²) in [5.41, 5.74) is 2.20. The molecule has 0 spiro atoms. The van der Waals surface area contributed by atoms with Crippen LogP contribution in [0, 0.1) is 11.8 Å². The molecule has 18 heavy (non-hydrogen) atoms. The Bertz CT molecular complexity index is 422. The second-order valence-corrected chi connectivity index (χ2v) is 4.66. The molecule has 96 valence electrons. The van der Waals surface area contributed by atoms with Gasteiger partial charge < -0.3 is 10.2 Å². The van der Waals surface area contributed by atoms with Crippen LogP contribution in [0.5, 0.6) is 0 Å². The smallest absolute Gasteiger partial charge is 0.104 e. The number of hydrogen-bond donors (Lipinski definition) is 2. The third-order valence-electron chi connectivity index (χ3n) is 3.23. The summed E-state index contributed by atoms with van der Waals surface area (Å²) < 4.78 is 0. The summed E-state index contributed by atoms with van der Waals surface area (Å²) in [7, 11) is 0. The van der Waals surface area contributed by atoms with Crippen molar-refractivity contribution in [2.45, 2.75) is 25.5 Å². The van der Waals surface area contributed by atoms with E-state index in [0.29, 0.717) is 0 Å². The van der Waals surface area contributed by atoms with Crippen LogP contribution in [-0.4, -0.2) is 40.9 Å². The summed E-state index contributed by atoms with van der Waals surface area (Å²) in [5, 5.41) is 18.1. The van der Waals surface area contributed by atoms with E-state index in [1.54, 1.807) is 0 Å². The van der Waals surface area contributed by atoms with Crippen molar-refractivity contribution >= 4 is 0 Å². The van der Waals surface area contributed by atoms with E-state index in [4.69, 9.17) is 5.11 Å². The van der Waals surface area contributed by atoms with E-state index in [1.165, 1.54) is 5.56 Å². The molecular formula is C15H19NO2. The number of aliphatic hydroxyl groups is 2. The first-order valence-corrected chi connectivity index (χ1v) is 6.37. The largest absolute Gasteiger partial charge is 0.393 e. The molecule has 1 saturated heterocycles.